The zero-order chi connectivity index (χ0) is 62.4. The molecule has 12 N–H and O–H groups in total. The Labute approximate surface area is 532 Å². The summed E-state index contributed by atoms with van der Waals surface area (Å²) in [5, 5.41) is 68.4. The highest BCUT2D eigenvalue weighted by atomic mass is 16.6. The van der Waals surface area contributed by atoms with Crippen LogP contribution in [-0.4, -0.2) is 116 Å². The van der Waals surface area contributed by atoms with Crippen LogP contribution in [0.25, 0.3) is 10.9 Å². The van der Waals surface area contributed by atoms with Crippen molar-refractivity contribution in [3.8, 4) is 52.4 Å². The molecule has 2 saturated heterocycles. The highest BCUT2D eigenvalue weighted by molar-refractivity contribution is 5.83. The number of nitrogens with zero attached hydrogens (tertiary/aromatic N) is 3. The summed E-state index contributed by atoms with van der Waals surface area (Å²) in [6, 6.07) is 14.7. The fourth-order valence-corrected chi connectivity index (χ4v) is 17.9. The van der Waals surface area contributed by atoms with Crippen molar-refractivity contribution in [2.24, 2.45) is 57.1 Å². The second kappa shape index (κ2) is 25.4. The third-order valence-electron chi connectivity index (χ3n) is 22.2. The van der Waals surface area contributed by atoms with E-state index in [1.807, 2.05) is 37.5 Å². The summed E-state index contributed by atoms with van der Waals surface area (Å²) in [6.07, 6.45) is 22.5. The Balaban J connectivity index is 0.929. The smallest absolute Gasteiger partial charge is 0.302 e. The van der Waals surface area contributed by atoms with Crippen LogP contribution in [0.15, 0.2) is 108 Å². The van der Waals surface area contributed by atoms with Crippen LogP contribution in [0.2, 0.25) is 0 Å². The van der Waals surface area contributed by atoms with E-state index in [0.717, 1.165) is 86.4 Å². The van der Waals surface area contributed by atoms with Crippen LogP contribution in [0.3, 0.4) is 0 Å². The topological polar surface area (TPSA) is 267 Å². The first kappa shape index (κ1) is 60.7. The molecule has 4 saturated carbocycles. The maximum atomic E-state index is 13.6. The predicted molar refractivity (Wildman–Crippen MR) is 345 cm³/mol. The molecular weight excluding hydrogens is 1150 g/mol. The number of nitrogens with one attached hydrogen (secondary N) is 6. The van der Waals surface area contributed by atoms with E-state index in [2.05, 4.69) is 95.4 Å². The number of aliphatic imine (C=N–C) groups is 1. The molecule has 19 nitrogen and oxygen atoms in total. The Morgan fingerprint density at radius 1 is 0.989 bits per heavy atom. The fraction of sp³-hybridized carbons (Fsp3) is 0.542. The fourth-order valence-electron chi connectivity index (χ4n) is 17.9. The minimum atomic E-state index is -1.07. The number of aromatic amines is 1. The average molecular weight is 1240 g/mol. The third-order valence-corrected chi connectivity index (χ3v) is 22.2. The van der Waals surface area contributed by atoms with Crippen LogP contribution in [0.5, 0.6) is 28.7 Å². The molecule has 19 heteroatoms. The van der Waals surface area contributed by atoms with Crippen LogP contribution < -0.4 is 41.8 Å². The summed E-state index contributed by atoms with van der Waals surface area (Å²) in [7, 11) is 2.04. The number of H-pyrrole nitrogens is 1. The molecule has 91 heavy (non-hydrogen) atoms. The van der Waals surface area contributed by atoms with E-state index in [-0.39, 0.29) is 58.8 Å². The molecule has 5 aliphatic heterocycles. The zero-order valence-electron chi connectivity index (χ0n) is 52.3. The SMILES string of the molecule is CNCC1CCCC1(CN=C1NC(n2cc3cc[nH]c3c2)C2C(O)NC3CCCCC3C#CCC34Cc5ccc(O)c(c5)OC5CCCC2(N1)C5C#CC3CCC1C(OC(C)=O)CC(c2cc(O)c(O)c(OCCc3cccnc3)c2)OC14)CC1=CCNC(N)=C1. The summed E-state index contributed by atoms with van der Waals surface area (Å²) < 4.78 is 29.9. The number of pyridine rings is 1. The molecule has 0 radical (unpaired) electrons. The van der Waals surface area contributed by atoms with Gasteiger partial charge in [0.15, 0.2) is 29.0 Å². The van der Waals surface area contributed by atoms with Crippen molar-refractivity contribution in [2.75, 3.05) is 33.3 Å². The van der Waals surface area contributed by atoms with Gasteiger partial charge in [-0.15, -0.1) is 5.92 Å². The lowest BCUT2D eigenvalue weighted by Crippen LogP contribution is -2.75. The molecule has 14 rings (SSSR count). The van der Waals surface area contributed by atoms with Crippen LogP contribution in [0.1, 0.15) is 132 Å². The van der Waals surface area contributed by atoms with E-state index < -0.39 is 65.6 Å². The molecule has 16 unspecified atom stereocenters. The number of guanidine groups is 1. The Morgan fingerprint density at radius 3 is 2.73 bits per heavy atom. The molecule has 5 aromatic rings. The van der Waals surface area contributed by atoms with Crippen molar-refractivity contribution in [3.63, 3.8) is 0 Å². The van der Waals surface area contributed by atoms with Gasteiger partial charge in [0.05, 0.1) is 47.5 Å². The van der Waals surface area contributed by atoms with Gasteiger partial charge in [-0.05, 0) is 160 Å². The number of esters is 1. The number of hydrogen-bond acceptors (Lipinski definition) is 15. The number of aromatic nitrogens is 3. The number of fused-ring (bicyclic) bond motifs is 5. The highest BCUT2D eigenvalue weighted by Gasteiger charge is 2.61. The molecular formula is C72H88N10O9. The number of rotatable bonds is 13. The molecule has 1 spiro atoms. The Kier molecular flexibility index (Phi) is 16.9. The van der Waals surface area contributed by atoms with E-state index in [1.54, 1.807) is 24.5 Å². The molecule has 3 aromatic heterocycles. The van der Waals surface area contributed by atoms with Crippen molar-refractivity contribution < 1.29 is 44.2 Å². The number of hydrogen-bond donors (Lipinski definition) is 11. The zero-order valence-corrected chi connectivity index (χ0v) is 52.3. The van der Waals surface area contributed by atoms with Crippen molar-refractivity contribution in [1.29, 1.82) is 0 Å². The standard InChI is InChI=1S/C72H88N10O9/c1-43(83)89-60-35-59(49-33-57(85)65(86)62(34-49)88-30-23-44-9-8-27-75-38-44)91-66-52(60)18-16-50-17-19-53-58-14-7-26-72(53)64(68(87)79-54-13-4-3-10-47(54)11-5-25-71(50,66)37-45-15-20-56(84)61(31-45)90-58)67(82-40-48-22-29-76-55(48)41-82)80-69(81-72)78-42-70(24-6-12-51(70)39-74-2)36-46-21-28-77-63(73)32-46/h8-9,15,20-22,27,29,31-34,38,40-41,47,50-54,58-60,64,66-68,74,76-77,79,84-87H,3-4,6-7,10,12-14,16,18,23-26,28,30,35-37,39,42,73H2,1-2H3,(H2,78,80,81). The highest BCUT2D eigenvalue weighted by Crippen LogP contribution is 2.58. The normalized spacial score (nSPS) is 34.5. The quantitative estimate of drug-likeness (QED) is 0.0300. The van der Waals surface area contributed by atoms with Crippen molar-refractivity contribution in [3.05, 3.63) is 120 Å². The van der Waals surface area contributed by atoms with Gasteiger partial charge in [0.2, 0.25) is 5.75 Å². The summed E-state index contributed by atoms with van der Waals surface area (Å²) in [5.74, 6) is 14.9. The van der Waals surface area contributed by atoms with Gasteiger partial charge in [0, 0.05) is 105 Å². The summed E-state index contributed by atoms with van der Waals surface area (Å²) >= 11 is 0. The first-order valence-electron chi connectivity index (χ1n) is 33.4. The number of aromatic hydroxyl groups is 3. The predicted octanol–water partition coefficient (Wildman–Crippen LogP) is 8.39. The second-order valence-corrected chi connectivity index (χ2v) is 27.6. The van der Waals surface area contributed by atoms with Gasteiger partial charge in [0.1, 0.15) is 24.6 Å². The van der Waals surface area contributed by atoms with Gasteiger partial charge in [-0.3, -0.25) is 20.1 Å². The molecule has 8 heterocycles. The summed E-state index contributed by atoms with van der Waals surface area (Å²) in [4.78, 5) is 26.8. The second-order valence-electron chi connectivity index (χ2n) is 27.6. The van der Waals surface area contributed by atoms with E-state index in [9.17, 15) is 25.2 Å². The van der Waals surface area contributed by atoms with E-state index in [0.29, 0.717) is 93.5 Å². The summed E-state index contributed by atoms with van der Waals surface area (Å²) in [6.45, 7) is 3.74. The van der Waals surface area contributed by atoms with Crippen molar-refractivity contribution >= 4 is 22.8 Å². The van der Waals surface area contributed by atoms with Gasteiger partial charge in [-0.2, -0.15) is 0 Å². The van der Waals surface area contributed by atoms with E-state index in [4.69, 9.17) is 29.7 Å². The maximum absolute atomic E-state index is 13.6. The van der Waals surface area contributed by atoms with Gasteiger partial charge in [-0.25, -0.2) is 0 Å². The molecule has 9 aliphatic rings. The Bertz CT molecular complexity index is 3700. The van der Waals surface area contributed by atoms with E-state index in [1.165, 1.54) is 18.6 Å². The first-order valence-corrected chi connectivity index (χ1v) is 33.4. The average Bonchev–Trinajstić information content (AvgIpc) is 1.54. The minimum Gasteiger partial charge on any atom is -0.504 e. The number of phenols is 3. The number of phenolic OH excluding ortho intramolecular Hbond substituents is 3. The van der Waals surface area contributed by atoms with Crippen LogP contribution in [0.4, 0.5) is 0 Å². The van der Waals surface area contributed by atoms with Crippen molar-refractivity contribution in [1.82, 2.24) is 41.1 Å². The van der Waals surface area contributed by atoms with Gasteiger partial charge < -0.3 is 75.9 Å². The number of carbonyl (C=O) groups excluding carboxylic acids is 1. The maximum Gasteiger partial charge on any atom is 0.302 e. The number of dihydropyridines is 1. The number of carbonyl (C=O) groups is 1. The Morgan fingerprint density at radius 2 is 1.88 bits per heavy atom. The lowest BCUT2D eigenvalue weighted by Gasteiger charge is -2.57. The minimum absolute atomic E-state index is 0.00948. The van der Waals surface area contributed by atoms with Gasteiger partial charge in [0.25, 0.3) is 0 Å². The molecule has 480 valence electrons. The first-order chi connectivity index (χ1) is 44.3. The molecule has 0 amide bonds. The lowest BCUT2D eigenvalue weighted by atomic mass is 9.55. The molecule has 6 fully saturated rings. The molecule has 4 bridgehead atoms. The largest absolute Gasteiger partial charge is 0.504 e. The van der Waals surface area contributed by atoms with Gasteiger partial charge >= 0.3 is 5.97 Å². The van der Waals surface area contributed by atoms with Crippen LogP contribution >= 0.6 is 0 Å². The molecule has 16 atom stereocenters. The molecule has 2 aromatic carbocycles. The number of ether oxygens (including phenoxy) is 4. The van der Waals surface area contributed by atoms with Gasteiger partial charge in [-0.1, -0.05) is 55.2 Å². The summed E-state index contributed by atoms with van der Waals surface area (Å²) in [5.41, 5.74) is 9.01. The van der Waals surface area contributed by atoms with Crippen molar-refractivity contribution in [2.45, 2.75) is 164 Å². The number of benzene rings is 2. The number of nitrogens with two attached hydrogens (primary N) is 1. The monoisotopic (exact) mass is 1240 g/mol. The molecule has 4 aliphatic carbocycles. The number of aliphatic hydroxyl groups is 1. The number of aliphatic hydroxyl groups excluding tert-OH is 1. The Hall–Kier alpha value is -7.81. The van der Waals surface area contributed by atoms with Crippen LogP contribution in [-0.2, 0) is 27.1 Å². The third kappa shape index (κ3) is 11.8. The lowest BCUT2D eigenvalue weighted by molar-refractivity contribution is -0.219. The number of allylic oxidation sites excluding steroid dienone is 2. The van der Waals surface area contributed by atoms with Crippen LogP contribution in [0, 0.1) is 70.0 Å². The van der Waals surface area contributed by atoms with E-state index >= 15 is 0 Å².